The lowest BCUT2D eigenvalue weighted by molar-refractivity contribution is 0.101. The Morgan fingerprint density at radius 2 is 1.45 bits per heavy atom. The van der Waals surface area contributed by atoms with Gasteiger partial charge in [0.1, 0.15) is 0 Å². The Labute approximate surface area is 121 Å². The largest absolute Gasteiger partial charge is 0.295 e. The lowest BCUT2D eigenvalue weighted by Gasteiger charge is -2.03. The molecule has 3 heteroatoms. The summed E-state index contributed by atoms with van der Waals surface area (Å²) < 4.78 is 12.2. The van der Waals surface area contributed by atoms with E-state index in [1.165, 1.54) is 0 Å². The van der Waals surface area contributed by atoms with E-state index < -0.39 is 10.8 Å². The maximum Gasteiger partial charge on any atom is 0.159 e. The van der Waals surface area contributed by atoms with E-state index in [0.29, 0.717) is 5.56 Å². The minimum Gasteiger partial charge on any atom is -0.295 e. The molecule has 0 aromatic heterocycles. The van der Waals surface area contributed by atoms with Gasteiger partial charge in [-0.05, 0) is 37.1 Å². The fourth-order valence-corrected chi connectivity index (χ4v) is 2.84. The van der Waals surface area contributed by atoms with Crippen LogP contribution in [0.15, 0.2) is 64.9 Å². The number of carbonyl (C=O) groups is 1. The minimum absolute atomic E-state index is 0.0473. The van der Waals surface area contributed by atoms with E-state index >= 15 is 0 Å². The van der Waals surface area contributed by atoms with Crippen LogP contribution in [0.2, 0.25) is 0 Å². The van der Waals surface area contributed by atoms with Crippen LogP contribution in [-0.4, -0.2) is 9.99 Å². The van der Waals surface area contributed by atoms with Crippen molar-refractivity contribution in [2.75, 3.05) is 0 Å². The molecule has 0 N–H and O–H groups in total. The number of Topliss-reactive ketones (excluding diaryl/α,β-unsaturated/α-hetero) is 1. The summed E-state index contributed by atoms with van der Waals surface area (Å²) in [5.41, 5.74) is 2.59. The number of hydrogen-bond acceptors (Lipinski definition) is 2. The number of allylic oxidation sites excluding steroid dienone is 1. The Morgan fingerprint density at radius 3 is 2.00 bits per heavy atom. The van der Waals surface area contributed by atoms with Crippen molar-refractivity contribution in [3.63, 3.8) is 0 Å². The van der Waals surface area contributed by atoms with Crippen LogP contribution in [0.4, 0.5) is 0 Å². The monoisotopic (exact) mass is 284 g/mol. The number of ketones is 1. The van der Waals surface area contributed by atoms with Gasteiger partial charge in [-0.2, -0.15) is 0 Å². The van der Waals surface area contributed by atoms with Crippen molar-refractivity contribution in [2.45, 2.75) is 18.7 Å². The van der Waals surface area contributed by atoms with Crippen LogP contribution < -0.4 is 0 Å². The standard InChI is InChI=1S/C17H16O2S/c1-13(12-20(19)17-6-4-3-5-7-17)15-8-10-16(11-9-15)14(2)18/h3-12H,1-2H3/b13-12+. The van der Waals surface area contributed by atoms with Gasteiger partial charge < -0.3 is 0 Å². The molecule has 0 aliphatic carbocycles. The summed E-state index contributed by atoms with van der Waals surface area (Å²) in [4.78, 5) is 12.0. The molecular weight excluding hydrogens is 268 g/mol. The molecule has 102 valence electrons. The van der Waals surface area contributed by atoms with E-state index in [-0.39, 0.29) is 5.78 Å². The molecule has 2 aromatic rings. The van der Waals surface area contributed by atoms with Gasteiger partial charge in [-0.3, -0.25) is 4.79 Å². The summed E-state index contributed by atoms with van der Waals surface area (Å²) in [5.74, 6) is 0.0473. The summed E-state index contributed by atoms with van der Waals surface area (Å²) in [6.45, 7) is 3.46. The Bertz CT molecular complexity index is 655. The van der Waals surface area contributed by atoms with E-state index in [2.05, 4.69) is 0 Å². The van der Waals surface area contributed by atoms with Crippen LogP contribution in [0.3, 0.4) is 0 Å². The molecule has 0 aliphatic heterocycles. The number of benzene rings is 2. The average molecular weight is 284 g/mol. The molecule has 0 fully saturated rings. The van der Waals surface area contributed by atoms with Crippen LogP contribution in [-0.2, 0) is 10.8 Å². The molecule has 0 heterocycles. The third kappa shape index (κ3) is 3.52. The molecule has 2 nitrogen and oxygen atoms in total. The lowest BCUT2D eigenvalue weighted by Crippen LogP contribution is -1.92. The van der Waals surface area contributed by atoms with Gasteiger partial charge >= 0.3 is 0 Å². The van der Waals surface area contributed by atoms with Gasteiger partial charge in [-0.25, -0.2) is 4.21 Å². The van der Waals surface area contributed by atoms with E-state index in [0.717, 1.165) is 16.0 Å². The van der Waals surface area contributed by atoms with Crippen molar-refractivity contribution in [1.82, 2.24) is 0 Å². The fourth-order valence-electron chi connectivity index (χ4n) is 1.82. The molecule has 1 atom stereocenters. The third-order valence-corrected chi connectivity index (χ3v) is 4.31. The van der Waals surface area contributed by atoms with E-state index in [4.69, 9.17) is 0 Å². The number of carbonyl (C=O) groups excluding carboxylic acids is 1. The first-order chi connectivity index (χ1) is 9.58. The van der Waals surface area contributed by atoms with Gasteiger partial charge in [0.05, 0.1) is 10.8 Å². The maximum atomic E-state index is 12.2. The summed E-state index contributed by atoms with van der Waals surface area (Å²) in [7, 11) is -1.16. The van der Waals surface area contributed by atoms with Crippen molar-refractivity contribution < 1.29 is 9.00 Å². The maximum absolute atomic E-state index is 12.2. The van der Waals surface area contributed by atoms with E-state index in [1.54, 1.807) is 24.5 Å². The summed E-state index contributed by atoms with van der Waals surface area (Å²) >= 11 is 0. The van der Waals surface area contributed by atoms with Crippen LogP contribution in [0, 0.1) is 0 Å². The van der Waals surface area contributed by atoms with Crippen molar-refractivity contribution in [2.24, 2.45) is 0 Å². The first-order valence-electron chi connectivity index (χ1n) is 6.33. The van der Waals surface area contributed by atoms with Crippen LogP contribution in [0.25, 0.3) is 5.57 Å². The summed E-state index contributed by atoms with van der Waals surface area (Å²) in [5, 5.41) is 1.73. The molecule has 0 bridgehead atoms. The topological polar surface area (TPSA) is 34.1 Å². The molecule has 0 radical (unpaired) electrons. The lowest BCUT2D eigenvalue weighted by atomic mass is 10.1. The second kappa shape index (κ2) is 6.44. The average Bonchev–Trinajstić information content (AvgIpc) is 2.48. The zero-order valence-corrected chi connectivity index (χ0v) is 12.3. The number of hydrogen-bond donors (Lipinski definition) is 0. The fraction of sp³-hybridized carbons (Fsp3) is 0.118. The van der Waals surface area contributed by atoms with Crippen molar-refractivity contribution in [3.8, 4) is 0 Å². The van der Waals surface area contributed by atoms with Crippen LogP contribution in [0.1, 0.15) is 29.8 Å². The van der Waals surface area contributed by atoms with Gasteiger partial charge in [0.25, 0.3) is 0 Å². The predicted molar refractivity (Wildman–Crippen MR) is 82.9 cm³/mol. The summed E-state index contributed by atoms with van der Waals surface area (Å²) in [6, 6.07) is 16.7. The first-order valence-corrected chi connectivity index (χ1v) is 7.54. The quantitative estimate of drug-likeness (QED) is 0.793. The second-order valence-corrected chi connectivity index (χ2v) is 5.85. The number of rotatable bonds is 4. The first kappa shape index (κ1) is 14.4. The minimum atomic E-state index is -1.16. The van der Waals surface area contributed by atoms with Gasteiger partial charge in [-0.1, -0.05) is 42.5 Å². The zero-order valence-electron chi connectivity index (χ0n) is 11.5. The third-order valence-electron chi connectivity index (χ3n) is 3.01. The highest BCUT2D eigenvalue weighted by atomic mass is 32.2. The van der Waals surface area contributed by atoms with Gasteiger partial charge in [0.15, 0.2) is 5.78 Å². The molecule has 2 aromatic carbocycles. The van der Waals surface area contributed by atoms with Crippen LogP contribution >= 0.6 is 0 Å². The molecule has 0 aliphatic rings. The Morgan fingerprint density at radius 1 is 0.900 bits per heavy atom. The normalized spacial score (nSPS) is 13.0. The Balaban J connectivity index is 2.22. The molecule has 2 rings (SSSR count). The molecule has 1 unspecified atom stereocenters. The highest BCUT2D eigenvalue weighted by molar-refractivity contribution is 7.88. The molecule has 20 heavy (non-hydrogen) atoms. The smallest absolute Gasteiger partial charge is 0.159 e. The predicted octanol–water partition coefficient (Wildman–Crippen LogP) is 4.06. The Hall–Kier alpha value is -2.00. The highest BCUT2D eigenvalue weighted by Crippen LogP contribution is 2.18. The van der Waals surface area contributed by atoms with E-state index in [9.17, 15) is 9.00 Å². The van der Waals surface area contributed by atoms with Gasteiger partial charge in [0, 0.05) is 15.9 Å². The zero-order chi connectivity index (χ0) is 14.5. The van der Waals surface area contributed by atoms with Gasteiger partial charge in [-0.15, -0.1) is 0 Å². The van der Waals surface area contributed by atoms with Crippen LogP contribution in [0.5, 0.6) is 0 Å². The van der Waals surface area contributed by atoms with Gasteiger partial charge in [0.2, 0.25) is 0 Å². The molecule has 0 amide bonds. The molecule has 0 saturated carbocycles. The second-order valence-electron chi connectivity index (χ2n) is 4.54. The van der Waals surface area contributed by atoms with Crippen molar-refractivity contribution in [3.05, 3.63) is 71.1 Å². The summed E-state index contributed by atoms with van der Waals surface area (Å²) in [6.07, 6.45) is 0. The van der Waals surface area contributed by atoms with Crippen molar-refractivity contribution >= 4 is 22.2 Å². The van der Waals surface area contributed by atoms with Crippen molar-refractivity contribution in [1.29, 1.82) is 0 Å². The molecular formula is C17H16O2S. The SMILES string of the molecule is CC(=O)c1ccc(/C(C)=C/S(=O)c2ccccc2)cc1. The van der Waals surface area contributed by atoms with E-state index in [1.807, 2.05) is 49.4 Å². The highest BCUT2D eigenvalue weighted by Gasteiger charge is 2.03. The molecule has 0 spiro atoms. The molecule has 0 saturated heterocycles. The Kier molecular flexibility index (Phi) is 4.64.